The van der Waals surface area contributed by atoms with Crippen LogP contribution >= 0.6 is 11.8 Å². The molecule has 6 nitrogen and oxygen atoms in total. The standard InChI is InChI=1S/C14H27N5OS/c1-9-10(16-7-14(5,20)8-21-6)17-12(13(2,3)4)18-11(9)19-15/h20H,7-8,15H2,1-6H3,(H2,16,17,18,19). The lowest BCUT2D eigenvalue weighted by atomic mass is 9.95. The van der Waals surface area contributed by atoms with Crippen LogP contribution in [0.5, 0.6) is 0 Å². The van der Waals surface area contributed by atoms with Crippen molar-refractivity contribution >= 4 is 23.4 Å². The third-order valence-corrected chi connectivity index (χ3v) is 3.96. The lowest BCUT2D eigenvalue weighted by Gasteiger charge is -2.25. The highest BCUT2D eigenvalue weighted by Gasteiger charge is 2.23. The van der Waals surface area contributed by atoms with E-state index in [9.17, 15) is 5.11 Å². The predicted molar refractivity (Wildman–Crippen MR) is 90.8 cm³/mol. The molecule has 1 atom stereocenters. The Kier molecular flexibility index (Phi) is 5.83. The summed E-state index contributed by atoms with van der Waals surface area (Å²) in [4.78, 5) is 9.03. The molecule has 0 aliphatic rings. The molecule has 0 radical (unpaired) electrons. The highest BCUT2D eigenvalue weighted by atomic mass is 32.2. The number of rotatable bonds is 6. The Morgan fingerprint density at radius 1 is 1.19 bits per heavy atom. The number of hydrogen-bond acceptors (Lipinski definition) is 7. The molecule has 1 unspecified atom stereocenters. The quantitative estimate of drug-likeness (QED) is 0.470. The minimum atomic E-state index is -0.797. The van der Waals surface area contributed by atoms with Crippen molar-refractivity contribution in [3.8, 4) is 0 Å². The second-order valence-corrected chi connectivity index (χ2v) is 7.41. The van der Waals surface area contributed by atoms with Gasteiger partial charge in [-0.25, -0.2) is 15.8 Å². The Balaban J connectivity index is 3.06. The fourth-order valence-electron chi connectivity index (χ4n) is 1.80. The minimum absolute atomic E-state index is 0.183. The molecule has 0 fully saturated rings. The van der Waals surface area contributed by atoms with Crippen LogP contribution in [0.1, 0.15) is 39.1 Å². The van der Waals surface area contributed by atoms with Gasteiger partial charge in [0.1, 0.15) is 17.5 Å². The van der Waals surface area contributed by atoms with Gasteiger partial charge in [-0.2, -0.15) is 11.8 Å². The van der Waals surface area contributed by atoms with Crippen LogP contribution in [0.2, 0.25) is 0 Å². The number of anilines is 2. The van der Waals surface area contributed by atoms with Crippen LogP contribution in [0.4, 0.5) is 11.6 Å². The van der Waals surface area contributed by atoms with Gasteiger partial charge in [0.2, 0.25) is 0 Å². The van der Waals surface area contributed by atoms with Crippen LogP contribution in [-0.2, 0) is 5.41 Å². The molecule has 0 amide bonds. The van der Waals surface area contributed by atoms with Gasteiger partial charge >= 0.3 is 0 Å². The van der Waals surface area contributed by atoms with Crippen LogP contribution in [0.25, 0.3) is 0 Å². The van der Waals surface area contributed by atoms with Crippen molar-refractivity contribution in [2.75, 3.05) is 29.3 Å². The summed E-state index contributed by atoms with van der Waals surface area (Å²) in [5, 5.41) is 13.5. The monoisotopic (exact) mass is 313 g/mol. The zero-order valence-corrected chi connectivity index (χ0v) is 14.6. The van der Waals surface area contributed by atoms with Gasteiger partial charge < -0.3 is 15.8 Å². The second kappa shape index (κ2) is 6.81. The van der Waals surface area contributed by atoms with Crippen molar-refractivity contribution < 1.29 is 5.11 Å². The number of nitrogens with zero attached hydrogens (tertiary/aromatic N) is 2. The highest BCUT2D eigenvalue weighted by molar-refractivity contribution is 7.98. The molecule has 5 N–H and O–H groups in total. The Morgan fingerprint density at radius 3 is 2.24 bits per heavy atom. The summed E-state index contributed by atoms with van der Waals surface area (Å²) < 4.78 is 0. The lowest BCUT2D eigenvalue weighted by Crippen LogP contribution is -2.36. The molecule has 7 heteroatoms. The first-order valence-corrected chi connectivity index (χ1v) is 8.31. The number of nitrogens with one attached hydrogen (secondary N) is 2. The van der Waals surface area contributed by atoms with Gasteiger partial charge in [-0.3, -0.25) is 0 Å². The molecule has 1 heterocycles. The highest BCUT2D eigenvalue weighted by Crippen LogP contribution is 2.26. The third-order valence-electron chi connectivity index (χ3n) is 3.05. The van der Waals surface area contributed by atoms with E-state index in [1.54, 1.807) is 18.7 Å². The molecule has 120 valence electrons. The third kappa shape index (κ3) is 5.01. The first-order valence-electron chi connectivity index (χ1n) is 6.91. The summed E-state index contributed by atoms with van der Waals surface area (Å²) in [6.45, 7) is 10.3. The van der Waals surface area contributed by atoms with Gasteiger partial charge in [0.25, 0.3) is 0 Å². The Morgan fingerprint density at radius 2 is 1.76 bits per heavy atom. The lowest BCUT2D eigenvalue weighted by molar-refractivity contribution is 0.0996. The summed E-state index contributed by atoms with van der Waals surface area (Å²) in [5.74, 6) is 8.19. The van der Waals surface area contributed by atoms with Crippen molar-refractivity contribution in [2.45, 2.75) is 45.6 Å². The molecule has 1 rings (SSSR count). The van der Waals surface area contributed by atoms with Gasteiger partial charge in [-0.1, -0.05) is 20.8 Å². The van der Waals surface area contributed by atoms with Gasteiger partial charge in [-0.05, 0) is 20.1 Å². The van der Waals surface area contributed by atoms with Crippen LogP contribution in [0, 0.1) is 6.92 Å². The number of hydrogen-bond donors (Lipinski definition) is 4. The van der Waals surface area contributed by atoms with E-state index in [4.69, 9.17) is 5.84 Å². The van der Waals surface area contributed by atoms with Crippen molar-refractivity contribution in [1.82, 2.24) is 9.97 Å². The molecule has 0 saturated heterocycles. The van der Waals surface area contributed by atoms with E-state index < -0.39 is 5.60 Å². The van der Waals surface area contributed by atoms with Crippen LogP contribution < -0.4 is 16.6 Å². The maximum absolute atomic E-state index is 10.3. The van der Waals surface area contributed by atoms with E-state index in [-0.39, 0.29) is 5.41 Å². The number of aliphatic hydroxyl groups is 1. The molecule has 0 aliphatic carbocycles. The molecule has 21 heavy (non-hydrogen) atoms. The topological polar surface area (TPSA) is 96.1 Å². The molecule has 1 aromatic rings. The van der Waals surface area contributed by atoms with E-state index in [2.05, 4.69) is 20.7 Å². The molecule has 0 aliphatic heterocycles. The van der Waals surface area contributed by atoms with E-state index in [1.807, 2.05) is 34.0 Å². The van der Waals surface area contributed by atoms with E-state index >= 15 is 0 Å². The average molecular weight is 313 g/mol. The first-order chi connectivity index (χ1) is 9.60. The van der Waals surface area contributed by atoms with E-state index in [1.165, 1.54) is 0 Å². The molecule has 0 bridgehead atoms. The number of nitrogen functional groups attached to an aromatic ring is 1. The largest absolute Gasteiger partial charge is 0.387 e. The minimum Gasteiger partial charge on any atom is -0.387 e. The Bertz CT molecular complexity index is 485. The molecule has 0 saturated carbocycles. The second-order valence-electron chi connectivity index (χ2n) is 6.55. The first kappa shape index (κ1) is 18.0. The van der Waals surface area contributed by atoms with Crippen LogP contribution in [0.15, 0.2) is 0 Å². The summed E-state index contributed by atoms with van der Waals surface area (Å²) in [7, 11) is 0. The summed E-state index contributed by atoms with van der Waals surface area (Å²) >= 11 is 1.61. The zero-order valence-electron chi connectivity index (χ0n) is 13.7. The van der Waals surface area contributed by atoms with Gasteiger partial charge in [0.15, 0.2) is 0 Å². The molecule has 0 aromatic carbocycles. The maximum atomic E-state index is 10.3. The molecular formula is C14H27N5OS. The van der Waals surface area contributed by atoms with Crippen molar-refractivity contribution in [3.05, 3.63) is 11.4 Å². The smallest absolute Gasteiger partial charge is 0.148 e. The number of thioether (sulfide) groups is 1. The average Bonchev–Trinajstić information content (AvgIpc) is 2.36. The Labute approximate surface area is 131 Å². The van der Waals surface area contributed by atoms with Crippen LogP contribution in [-0.4, -0.2) is 39.2 Å². The van der Waals surface area contributed by atoms with Gasteiger partial charge in [-0.15, -0.1) is 0 Å². The fraction of sp³-hybridized carbons (Fsp3) is 0.714. The number of aromatic nitrogens is 2. The van der Waals surface area contributed by atoms with Crippen molar-refractivity contribution in [1.29, 1.82) is 0 Å². The molecule has 0 spiro atoms. The zero-order chi connectivity index (χ0) is 16.3. The predicted octanol–water partition coefficient (Wildman–Crippen LogP) is 1.89. The maximum Gasteiger partial charge on any atom is 0.148 e. The SMILES string of the molecule is CSCC(C)(O)CNc1nc(C(C)(C)C)nc(NN)c1C. The van der Waals surface area contributed by atoms with Crippen molar-refractivity contribution in [3.63, 3.8) is 0 Å². The number of nitrogens with two attached hydrogens (primary N) is 1. The molecular weight excluding hydrogens is 286 g/mol. The Hall–Kier alpha value is -1.05. The van der Waals surface area contributed by atoms with E-state index in [0.717, 1.165) is 5.56 Å². The van der Waals surface area contributed by atoms with E-state index in [0.29, 0.717) is 29.8 Å². The van der Waals surface area contributed by atoms with Crippen molar-refractivity contribution in [2.24, 2.45) is 5.84 Å². The number of hydrazine groups is 1. The normalized spacial score (nSPS) is 14.7. The van der Waals surface area contributed by atoms with Gasteiger partial charge in [0.05, 0.1) is 5.60 Å². The fourth-order valence-corrected chi connectivity index (χ4v) is 2.52. The summed E-state index contributed by atoms with van der Waals surface area (Å²) in [6, 6.07) is 0. The molecule has 1 aromatic heterocycles. The van der Waals surface area contributed by atoms with Crippen LogP contribution in [0.3, 0.4) is 0 Å². The summed E-state index contributed by atoms with van der Waals surface area (Å²) in [6.07, 6.45) is 1.97. The van der Waals surface area contributed by atoms with Gasteiger partial charge in [0, 0.05) is 23.3 Å². The summed E-state index contributed by atoms with van der Waals surface area (Å²) in [5.41, 5.74) is 2.47.